The molecule has 3 rings (SSSR count). The van der Waals surface area contributed by atoms with Crippen LogP contribution in [-0.2, 0) is 0 Å². The third kappa shape index (κ3) is 3.32. The van der Waals surface area contributed by atoms with Crippen molar-refractivity contribution in [2.45, 2.75) is 24.9 Å². The molecule has 0 atom stereocenters. The number of guanidine groups is 1. The van der Waals surface area contributed by atoms with E-state index in [1.165, 1.54) is 0 Å². The van der Waals surface area contributed by atoms with E-state index >= 15 is 0 Å². The van der Waals surface area contributed by atoms with Gasteiger partial charge in [0.25, 0.3) is 0 Å². The number of aliphatic imine (C=N–C) groups is 1. The minimum Gasteiger partial charge on any atom is -0.388 e. The van der Waals surface area contributed by atoms with Crippen LogP contribution in [0.5, 0.6) is 0 Å². The van der Waals surface area contributed by atoms with Gasteiger partial charge in [0.2, 0.25) is 0 Å². The minimum absolute atomic E-state index is 0.522. The molecule has 0 spiro atoms. The Labute approximate surface area is 131 Å². The molecule has 0 radical (unpaired) electrons. The van der Waals surface area contributed by atoms with E-state index < -0.39 is 5.60 Å². The monoisotopic (exact) mass is 303 g/mol. The predicted octanol–water partition coefficient (Wildman–Crippen LogP) is 0.694. The van der Waals surface area contributed by atoms with Gasteiger partial charge >= 0.3 is 0 Å². The third-order valence-corrected chi connectivity index (χ3v) is 4.62. The van der Waals surface area contributed by atoms with Crippen LogP contribution < -0.4 is 10.2 Å². The van der Waals surface area contributed by atoms with Gasteiger partial charge in [-0.05, 0) is 31.4 Å². The molecule has 120 valence electrons. The Hall–Kier alpha value is -1.82. The molecule has 0 unspecified atom stereocenters. The maximum absolute atomic E-state index is 10.2. The van der Waals surface area contributed by atoms with Crippen molar-refractivity contribution in [2.24, 2.45) is 4.99 Å². The molecule has 0 amide bonds. The van der Waals surface area contributed by atoms with Gasteiger partial charge in [0.05, 0.1) is 5.60 Å². The zero-order valence-electron chi connectivity index (χ0n) is 13.2. The summed E-state index contributed by atoms with van der Waals surface area (Å²) in [4.78, 5) is 13.3. The van der Waals surface area contributed by atoms with Gasteiger partial charge in [0.1, 0.15) is 5.82 Å². The summed E-state index contributed by atoms with van der Waals surface area (Å²) in [6, 6.07) is 6.01. The van der Waals surface area contributed by atoms with E-state index in [9.17, 15) is 5.11 Å². The lowest BCUT2D eigenvalue weighted by Crippen LogP contribution is -2.56. The second kappa shape index (κ2) is 6.52. The van der Waals surface area contributed by atoms with E-state index in [2.05, 4.69) is 31.2 Å². The fourth-order valence-corrected chi connectivity index (χ4v) is 3.03. The smallest absolute Gasteiger partial charge is 0.193 e. The highest BCUT2D eigenvalue weighted by Gasteiger charge is 2.34. The van der Waals surface area contributed by atoms with Crippen molar-refractivity contribution in [1.29, 1.82) is 0 Å². The lowest BCUT2D eigenvalue weighted by atomic mass is 9.80. The van der Waals surface area contributed by atoms with Gasteiger partial charge in [-0.1, -0.05) is 6.07 Å². The fraction of sp³-hybridized carbons (Fsp3) is 0.625. The first-order valence-corrected chi connectivity index (χ1v) is 8.04. The number of aromatic nitrogens is 1. The highest BCUT2D eigenvalue weighted by atomic mass is 16.3. The van der Waals surface area contributed by atoms with Gasteiger partial charge in [-0.15, -0.1) is 0 Å². The standard InChI is InChI=1S/C16H25N5O/c1-17-15(19-13-16(22)6-4-7-16)21-11-9-20(10-12-21)14-5-2-3-8-18-14/h2-3,5,8,22H,4,6-7,9-13H2,1H3,(H,17,19). The number of anilines is 1. The van der Waals surface area contributed by atoms with Crippen molar-refractivity contribution in [3.05, 3.63) is 24.4 Å². The Bertz CT molecular complexity index is 507. The normalized spacial score (nSPS) is 21.5. The first-order valence-electron chi connectivity index (χ1n) is 8.04. The van der Waals surface area contributed by atoms with Gasteiger partial charge < -0.3 is 20.2 Å². The number of rotatable bonds is 3. The van der Waals surface area contributed by atoms with Crippen molar-refractivity contribution in [1.82, 2.24) is 15.2 Å². The summed E-state index contributed by atoms with van der Waals surface area (Å²) in [7, 11) is 1.80. The Morgan fingerprint density at radius 2 is 2.09 bits per heavy atom. The zero-order chi connectivity index (χ0) is 15.4. The number of aliphatic hydroxyl groups is 1. The molecular formula is C16H25N5O. The van der Waals surface area contributed by atoms with Crippen LogP contribution in [0.2, 0.25) is 0 Å². The number of hydrogen-bond donors (Lipinski definition) is 2. The predicted molar refractivity (Wildman–Crippen MR) is 88.2 cm³/mol. The quantitative estimate of drug-likeness (QED) is 0.635. The van der Waals surface area contributed by atoms with Crippen molar-refractivity contribution in [2.75, 3.05) is 44.7 Å². The maximum Gasteiger partial charge on any atom is 0.193 e. The second-order valence-electron chi connectivity index (χ2n) is 6.14. The van der Waals surface area contributed by atoms with Crippen LogP contribution >= 0.6 is 0 Å². The topological polar surface area (TPSA) is 64.0 Å². The molecule has 0 aromatic carbocycles. The molecule has 1 aliphatic heterocycles. The molecule has 1 aromatic heterocycles. The summed E-state index contributed by atoms with van der Waals surface area (Å²) < 4.78 is 0. The van der Waals surface area contributed by atoms with E-state index in [-0.39, 0.29) is 0 Å². The van der Waals surface area contributed by atoms with Crippen molar-refractivity contribution < 1.29 is 5.11 Å². The minimum atomic E-state index is -0.522. The SMILES string of the molecule is CN=C(NCC1(O)CCC1)N1CCN(c2ccccn2)CC1. The van der Waals surface area contributed by atoms with E-state index in [0.29, 0.717) is 6.54 Å². The molecule has 1 aliphatic carbocycles. The van der Waals surface area contributed by atoms with E-state index in [1.807, 2.05) is 18.3 Å². The highest BCUT2D eigenvalue weighted by molar-refractivity contribution is 5.80. The number of hydrogen-bond acceptors (Lipinski definition) is 4. The second-order valence-corrected chi connectivity index (χ2v) is 6.14. The molecular weight excluding hydrogens is 278 g/mol. The first-order chi connectivity index (χ1) is 10.7. The van der Waals surface area contributed by atoms with Gasteiger partial charge in [0, 0.05) is 46.0 Å². The van der Waals surface area contributed by atoms with Gasteiger partial charge in [-0.3, -0.25) is 4.99 Å². The van der Waals surface area contributed by atoms with E-state index in [0.717, 1.165) is 57.2 Å². The van der Waals surface area contributed by atoms with Gasteiger partial charge in [0.15, 0.2) is 5.96 Å². The average molecular weight is 303 g/mol. The van der Waals surface area contributed by atoms with Gasteiger partial charge in [-0.2, -0.15) is 0 Å². The van der Waals surface area contributed by atoms with Crippen molar-refractivity contribution >= 4 is 11.8 Å². The summed E-state index contributed by atoms with van der Waals surface area (Å²) in [6.07, 6.45) is 4.75. The molecule has 1 aromatic rings. The molecule has 0 bridgehead atoms. The molecule has 6 nitrogen and oxygen atoms in total. The van der Waals surface area contributed by atoms with Crippen molar-refractivity contribution in [3.63, 3.8) is 0 Å². The molecule has 2 N–H and O–H groups in total. The average Bonchev–Trinajstić information content (AvgIpc) is 2.55. The zero-order valence-corrected chi connectivity index (χ0v) is 13.2. The Morgan fingerprint density at radius 1 is 1.32 bits per heavy atom. The lowest BCUT2D eigenvalue weighted by molar-refractivity contribution is -0.0283. The maximum atomic E-state index is 10.2. The summed E-state index contributed by atoms with van der Waals surface area (Å²) in [5.74, 6) is 1.93. The molecule has 2 fully saturated rings. The highest BCUT2D eigenvalue weighted by Crippen LogP contribution is 2.30. The van der Waals surface area contributed by atoms with Crippen LogP contribution in [0.25, 0.3) is 0 Å². The van der Waals surface area contributed by atoms with Gasteiger partial charge in [-0.25, -0.2) is 4.98 Å². The van der Waals surface area contributed by atoms with Crippen LogP contribution in [0.15, 0.2) is 29.4 Å². The largest absolute Gasteiger partial charge is 0.388 e. The van der Waals surface area contributed by atoms with Crippen LogP contribution in [0.3, 0.4) is 0 Å². The molecule has 22 heavy (non-hydrogen) atoms. The number of piperazine rings is 1. The number of pyridine rings is 1. The van der Waals surface area contributed by atoms with Crippen LogP contribution in [0.1, 0.15) is 19.3 Å². The fourth-order valence-electron chi connectivity index (χ4n) is 3.03. The first kappa shape index (κ1) is 15.1. The molecule has 2 heterocycles. The summed E-state index contributed by atoms with van der Waals surface area (Å²) in [5, 5.41) is 13.5. The summed E-state index contributed by atoms with van der Waals surface area (Å²) in [5.41, 5.74) is -0.522. The van der Waals surface area contributed by atoms with E-state index in [4.69, 9.17) is 0 Å². The Balaban J connectivity index is 1.51. The van der Waals surface area contributed by atoms with E-state index in [1.54, 1.807) is 7.05 Å². The third-order valence-electron chi connectivity index (χ3n) is 4.62. The molecule has 1 saturated carbocycles. The Morgan fingerprint density at radius 3 is 2.64 bits per heavy atom. The van der Waals surface area contributed by atoms with Crippen molar-refractivity contribution in [3.8, 4) is 0 Å². The van der Waals surface area contributed by atoms with Crippen LogP contribution in [-0.4, -0.2) is 66.3 Å². The van der Waals surface area contributed by atoms with Crippen LogP contribution in [0.4, 0.5) is 5.82 Å². The summed E-state index contributed by atoms with van der Waals surface area (Å²) in [6.45, 7) is 4.29. The summed E-state index contributed by atoms with van der Waals surface area (Å²) >= 11 is 0. The number of nitrogens with zero attached hydrogens (tertiary/aromatic N) is 4. The molecule has 1 saturated heterocycles. The lowest BCUT2D eigenvalue weighted by Gasteiger charge is -2.40. The van der Waals surface area contributed by atoms with Crippen LogP contribution in [0, 0.1) is 0 Å². The number of nitrogens with one attached hydrogen (secondary N) is 1. The molecule has 2 aliphatic rings. The Kier molecular flexibility index (Phi) is 4.47. The molecule has 6 heteroatoms.